The van der Waals surface area contributed by atoms with Gasteiger partial charge in [-0.05, 0) is 45.6 Å². The van der Waals surface area contributed by atoms with E-state index in [1.54, 1.807) is 0 Å². The molecule has 0 bridgehead atoms. The highest BCUT2D eigenvalue weighted by Crippen LogP contribution is 2.38. The van der Waals surface area contributed by atoms with Crippen LogP contribution in [0.3, 0.4) is 0 Å². The number of carbonyl (C=O) groups excluding carboxylic acids is 4. The Hall–Kier alpha value is -2.70. The molecule has 3 aliphatic rings. The van der Waals surface area contributed by atoms with Crippen molar-refractivity contribution >= 4 is 23.6 Å². The molecule has 0 radical (unpaired) electrons. The molecule has 1 aromatic rings. The van der Waals surface area contributed by atoms with Crippen molar-refractivity contribution < 1.29 is 23.9 Å². The Morgan fingerprint density at radius 1 is 1.07 bits per heavy atom. The summed E-state index contributed by atoms with van der Waals surface area (Å²) in [5.41, 5.74) is 2.54. The number of likely N-dealkylation sites (tertiary alicyclic amines) is 1. The number of ether oxygens (including phenoxy) is 1. The average molecular weight is 398 g/mol. The number of aromatic nitrogens is 1. The SMILES string of the molecule is Cc1cc(C(=O)COC(=O)CCN2C(=O)[C@H]3CC=CC[C@H]3C2=O)c(C)n1C1CC1. The zero-order valence-electron chi connectivity index (χ0n) is 16.8. The van der Waals surface area contributed by atoms with Gasteiger partial charge >= 0.3 is 5.97 Å². The number of allylic oxidation sites excluding steroid dienone is 2. The fourth-order valence-corrected chi connectivity index (χ4v) is 4.54. The highest BCUT2D eigenvalue weighted by Gasteiger charge is 2.47. The number of ketones is 1. The lowest BCUT2D eigenvalue weighted by Gasteiger charge is -2.14. The fourth-order valence-electron chi connectivity index (χ4n) is 4.54. The summed E-state index contributed by atoms with van der Waals surface area (Å²) in [5.74, 6) is -1.83. The molecule has 7 nitrogen and oxygen atoms in total. The van der Waals surface area contributed by atoms with Gasteiger partial charge in [-0.15, -0.1) is 0 Å². The number of rotatable bonds is 7. The van der Waals surface area contributed by atoms with E-state index in [1.807, 2.05) is 32.1 Å². The van der Waals surface area contributed by atoms with Crippen LogP contribution in [0.2, 0.25) is 0 Å². The monoisotopic (exact) mass is 398 g/mol. The molecular weight excluding hydrogens is 372 g/mol. The molecule has 1 aromatic heterocycles. The van der Waals surface area contributed by atoms with Crippen molar-refractivity contribution in [2.75, 3.05) is 13.2 Å². The van der Waals surface area contributed by atoms with Gasteiger partial charge in [-0.25, -0.2) is 0 Å². The second-order valence-corrected chi connectivity index (χ2v) is 8.20. The van der Waals surface area contributed by atoms with E-state index in [9.17, 15) is 19.2 Å². The number of aryl methyl sites for hydroxylation is 1. The number of nitrogens with zero attached hydrogens (tertiary/aromatic N) is 2. The summed E-state index contributed by atoms with van der Waals surface area (Å²) < 4.78 is 7.30. The maximum Gasteiger partial charge on any atom is 0.308 e. The first-order valence-corrected chi connectivity index (χ1v) is 10.3. The van der Waals surface area contributed by atoms with Crippen molar-refractivity contribution in [1.82, 2.24) is 9.47 Å². The molecule has 2 aliphatic carbocycles. The molecule has 4 rings (SSSR count). The van der Waals surface area contributed by atoms with E-state index in [2.05, 4.69) is 4.57 Å². The topological polar surface area (TPSA) is 85.7 Å². The van der Waals surface area contributed by atoms with Crippen LogP contribution in [0.1, 0.15) is 59.9 Å². The lowest BCUT2D eigenvalue weighted by atomic mass is 9.85. The van der Waals surface area contributed by atoms with E-state index in [-0.39, 0.29) is 49.0 Å². The van der Waals surface area contributed by atoms with Gasteiger partial charge in [-0.2, -0.15) is 0 Å². The minimum absolute atomic E-state index is 0.00782. The van der Waals surface area contributed by atoms with Crippen LogP contribution in [0.25, 0.3) is 0 Å². The Balaban J connectivity index is 1.28. The number of hydrogen-bond acceptors (Lipinski definition) is 5. The summed E-state index contributed by atoms with van der Waals surface area (Å²) in [6, 6.07) is 2.33. The first-order chi connectivity index (χ1) is 13.9. The molecule has 2 fully saturated rings. The second kappa shape index (κ2) is 7.61. The van der Waals surface area contributed by atoms with Crippen molar-refractivity contribution in [2.24, 2.45) is 11.8 Å². The van der Waals surface area contributed by atoms with Crippen LogP contribution in [0, 0.1) is 25.7 Å². The number of imide groups is 1. The van der Waals surface area contributed by atoms with E-state index in [4.69, 9.17) is 4.74 Å². The maximum absolute atomic E-state index is 12.5. The van der Waals surface area contributed by atoms with Crippen LogP contribution in [0.4, 0.5) is 0 Å². The van der Waals surface area contributed by atoms with Crippen molar-refractivity contribution in [1.29, 1.82) is 0 Å². The molecule has 0 aromatic carbocycles. The van der Waals surface area contributed by atoms with Gasteiger partial charge in [-0.3, -0.25) is 24.1 Å². The van der Waals surface area contributed by atoms with Gasteiger partial charge in [0.1, 0.15) is 0 Å². The molecule has 2 atom stereocenters. The Morgan fingerprint density at radius 3 is 2.28 bits per heavy atom. The van der Waals surface area contributed by atoms with Gasteiger partial charge in [0.05, 0.1) is 18.3 Å². The maximum atomic E-state index is 12.5. The first-order valence-electron chi connectivity index (χ1n) is 10.3. The molecular formula is C22H26N2O5. The molecule has 0 N–H and O–H groups in total. The van der Waals surface area contributed by atoms with E-state index >= 15 is 0 Å². The van der Waals surface area contributed by atoms with Crippen molar-refractivity contribution in [2.45, 2.75) is 52.0 Å². The predicted octanol–water partition coefficient (Wildman–Crippen LogP) is 2.51. The summed E-state index contributed by atoms with van der Waals surface area (Å²) >= 11 is 0. The number of esters is 1. The average Bonchev–Trinajstić information content (AvgIpc) is 3.45. The third-order valence-corrected chi connectivity index (χ3v) is 6.20. The van der Waals surface area contributed by atoms with Gasteiger partial charge in [0.2, 0.25) is 17.6 Å². The van der Waals surface area contributed by atoms with Crippen LogP contribution in [0.5, 0.6) is 0 Å². The summed E-state index contributed by atoms with van der Waals surface area (Å²) in [4.78, 5) is 50.6. The molecule has 2 heterocycles. The van der Waals surface area contributed by atoms with Crippen molar-refractivity contribution in [3.8, 4) is 0 Å². The molecule has 0 unspecified atom stereocenters. The van der Waals surface area contributed by atoms with Crippen molar-refractivity contribution in [3.05, 3.63) is 35.2 Å². The minimum atomic E-state index is -0.581. The van der Waals surface area contributed by atoms with Crippen LogP contribution < -0.4 is 0 Å². The van der Waals surface area contributed by atoms with Gasteiger partial charge in [0.15, 0.2) is 6.61 Å². The summed E-state index contributed by atoms with van der Waals surface area (Å²) in [6.45, 7) is 3.57. The fraction of sp³-hybridized carbons (Fsp3) is 0.545. The normalized spacial score (nSPS) is 23.4. The molecule has 0 spiro atoms. The molecule has 1 saturated heterocycles. The van der Waals surface area contributed by atoms with Gasteiger partial charge < -0.3 is 9.30 Å². The number of hydrogen-bond donors (Lipinski definition) is 0. The predicted molar refractivity (Wildman–Crippen MR) is 104 cm³/mol. The van der Waals surface area contributed by atoms with Crippen LogP contribution >= 0.6 is 0 Å². The molecule has 1 aliphatic heterocycles. The summed E-state index contributed by atoms with van der Waals surface area (Å²) in [5, 5.41) is 0. The van der Waals surface area contributed by atoms with Gasteiger partial charge in [-0.1, -0.05) is 12.2 Å². The van der Waals surface area contributed by atoms with Crippen LogP contribution in [-0.4, -0.2) is 46.2 Å². The van der Waals surface area contributed by atoms with Gasteiger partial charge in [0, 0.05) is 29.5 Å². The van der Waals surface area contributed by atoms with E-state index in [0.717, 1.165) is 24.2 Å². The third kappa shape index (κ3) is 3.66. The number of Topliss-reactive ketones (excluding diaryl/α,β-unsaturated/α-hetero) is 1. The number of carbonyl (C=O) groups is 4. The molecule has 154 valence electrons. The standard InChI is InChI=1S/C22H26N2O5/c1-13-11-18(14(2)24(13)15-7-8-15)19(25)12-29-20(26)9-10-23-21(27)16-5-3-4-6-17(16)22(23)28/h3-4,11,15-17H,5-10,12H2,1-2H3/t16-,17+. The largest absolute Gasteiger partial charge is 0.457 e. The highest BCUT2D eigenvalue weighted by atomic mass is 16.5. The molecule has 29 heavy (non-hydrogen) atoms. The summed E-state index contributed by atoms with van der Waals surface area (Å²) in [6.07, 6.45) is 7.16. The first kappa shape index (κ1) is 19.6. The van der Waals surface area contributed by atoms with E-state index in [0.29, 0.717) is 24.4 Å². The smallest absolute Gasteiger partial charge is 0.308 e. The second-order valence-electron chi connectivity index (χ2n) is 8.20. The Bertz CT molecular complexity index is 883. The zero-order chi connectivity index (χ0) is 20.7. The van der Waals surface area contributed by atoms with Crippen LogP contribution in [-0.2, 0) is 19.1 Å². The van der Waals surface area contributed by atoms with Crippen LogP contribution in [0.15, 0.2) is 18.2 Å². The lowest BCUT2D eigenvalue weighted by Crippen LogP contribution is -2.33. The molecule has 7 heteroatoms. The number of amides is 2. The van der Waals surface area contributed by atoms with E-state index in [1.165, 1.54) is 4.90 Å². The van der Waals surface area contributed by atoms with Crippen molar-refractivity contribution in [3.63, 3.8) is 0 Å². The lowest BCUT2D eigenvalue weighted by molar-refractivity contribution is -0.145. The minimum Gasteiger partial charge on any atom is -0.457 e. The zero-order valence-corrected chi connectivity index (χ0v) is 16.8. The Labute approximate surface area is 169 Å². The third-order valence-electron chi connectivity index (χ3n) is 6.20. The van der Waals surface area contributed by atoms with Gasteiger partial charge in [0.25, 0.3) is 0 Å². The summed E-state index contributed by atoms with van der Waals surface area (Å²) in [7, 11) is 0. The van der Waals surface area contributed by atoms with E-state index < -0.39 is 5.97 Å². The Morgan fingerprint density at radius 2 is 1.69 bits per heavy atom. The molecule has 2 amide bonds. The quantitative estimate of drug-likeness (QED) is 0.305. The Kier molecular flexibility index (Phi) is 5.15. The molecule has 1 saturated carbocycles. The number of fused-ring (bicyclic) bond motifs is 1. The highest BCUT2D eigenvalue weighted by molar-refractivity contribution is 6.05.